The Morgan fingerprint density at radius 2 is 2.30 bits per heavy atom. The van der Waals surface area contributed by atoms with Crippen molar-refractivity contribution in [1.82, 2.24) is 9.97 Å². The van der Waals surface area contributed by atoms with Gasteiger partial charge in [0.05, 0.1) is 17.0 Å². The summed E-state index contributed by atoms with van der Waals surface area (Å²) < 4.78 is 5.42. The minimum atomic E-state index is -0.0259. The number of nitrogens with one attached hydrogen (secondary N) is 1. The highest BCUT2D eigenvalue weighted by Gasteiger charge is 2.33. The molecular weight excluding hydrogens is 272 g/mol. The van der Waals surface area contributed by atoms with Crippen molar-refractivity contribution in [2.24, 2.45) is 5.92 Å². The first kappa shape index (κ1) is 13.5. The van der Waals surface area contributed by atoms with E-state index in [2.05, 4.69) is 16.9 Å². The smallest absolute Gasteiger partial charge is 0.309 e. The lowest BCUT2D eigenvalue weighted by Crippen LogP contribution is -2.09. The van der Waals surface area contributed by atoms with Crippen LogP contribution in [0.15, 0.2) is 29.4 Å². The topological polar surface area (TPSA) is 55.0 Å². The average molecular weight is 290 g/mol. The molecule has 0 unspecified atom stereocenters. The highest BCUT2D eigenvalue weighted by Crippen LogP contribution is 2.29. The number of benzene rings is 1. The van der Waals surface area contributed by atoms with Crippen molar-refractivity contribution < 1.29 is 9.53 Å². The summed E-state index contributed by atoms with van der Waals surface area (Å²) in [5, 5.41) is 0.890. The van der Waals surface area contributed by atoms with Crippen LogP contribution >= 0.6 is 11.8 Å². The molecule has 1 aromatic carbocycles. The van der Waals surface area contributed by atoms with Gasteiger partial charge in [0.2, 0.25) is 0 Å². The van der Waals surface area contributed by atoms with Gasteiger partial charge in [0.1, 0.15) is 6.10 Å². The molecule has 1 aliphatic heterocycles. The van der Waals surface area contributed by atoms with Crippen molar-refractivity contribution in [2.45, 2.75) is 37.4 Å². The molecule has 0 bridgehead atoms. The van der Waals surface area contributed by atoms with Crippen molar-refractivity contribution in [1.29, 1.82) is 0 Å². The zero-order valence-electron chi connectivity index (χ0n) is 11.5. The van der Waals surface area contributed by atoms with E-state index in [9.17, 15) is 4.79 Å². The first-order valence-corrected chi connectivity index (χ1v) is 8.03. The predicted octanol–water partition coefficient (Wildman–Crippen LogP) is 3.39. The summed E-state index contributed by atoms with van der Waals surface area (Å²) in [6.07, 6.45) is 2.84. The number of carbonyl (C=O) groups is 1. The summed E-state index contributed by atoms with van der Waals surface area (Å²) in [5.41, 5.74) is 2.02. The van der Waals surface area contributed by atoms with Crippen LogP contribution in [-0.4, -0.2) is 27.8 Å². The second-order valence-electron chi connectivity index (χ2n) is 5.15. The zero-order valence-corrected chi connectivity index (χ0v) is 12.3. The fourth-order valence-corrected chi connectivity index (χ4v) is 3.47. The number of cyclic esters (lactones) is 1. The number of nitrogens with zero attached hydrogens (tertiary/aromatic N) is 1. The highest BCUT2D eigenvalue weighted by molar-refractivity contribution is 7.99. The molecule has 2 aromatic rings. The van der Waals surface area contributed by atoms with E-state index < -0.39 is 0 Å². The first-order valence-electron chi connectivity index (χ1n) is 7.04. The number of carbonyl (C=O) groups excluding carboxylic acids is 1. The van der Waals surface area contributed by atoms with Crippen molar-refractivity contribution in [3.8, 4) is 0 Å². The molecule has 0 radical (unpaired) electrons. The van der Waals surface area contributed by atoms with E-state index in [4.69, 9.17) is 4.74 Å². The molecule has 1 aliphatic rings. The third kappa shape index (κ3) is 2.82. The second kappa shape index (κ2) is 5.87. The van der Waals surface area contributed by atoms with E-state index in [1.807, 2.05) is 24.3 Å². The van der Waals surface area contributed by atoms with Crippen LogP contribution in [0, 0.1) is 5.92 Å². The van der Waals surface area contributed by atoms with Crippen molar-refractivity contribution in [2.75, 3.05) is 5.75 Å². The third-order valence-electron chi connectivity index (χ3n) is 3.57. The van der Waals surface area contributed by atoms with Crippen LogP contribution in [-0.2, 0) is 9.53 Å². The molecule has 5 heteroatoms. The van der Waals surface area contributed by atoms with Crippen LogP contribution in [0.1, 0.15) is 26.2 Å². The van der Waals surface area contributed by atoms with Crippen LogP contribution in [0.25, 0.3) is 11.0 Å². The number of imidazole rings is 1. The number of aromatic amines is 1. The molecular formula is C15H18N2O2S. The van der Waals surface area contributed by atoms with E-state index in [-0.39, 0.29) is 18.0 Å². The largest absolute Gasteiger partial charge is 0.461 e. The number of hydrogen-bond donors (Lipinski definition) is 1. The van der Waals surface area contributed by atoms with Gasteiger partial charge in [-0.05, 0) is 25.0 Å². The van der Waals surface area contributed by atoms with Gasteiger partial charge in [-0.1, -0.05) is 37.2 Å². The molecule has 1 fully saturated rings. The Morgan fingerprint density at radius 3 is 3.10 bits per heavy atom. The number of ether oxygens (including phenoxy) is 1. The Hall–Kier alpha value is -1.49. The Labute approximate surface area is 122 Å². The summed E-state index contributed by atoms with van der Waals surface area (Å²) in [4.78, 5) is 19.5. The van der Waals surface area contributed by atoms with Crippen molar-refractivity contribution in [3.05, 3.63) is 24.3 Å². The number of H-pyrrole nitrogens is 1. The Morgan fingerprint density at radius 1 is 1.45 bits per heavy atom. The van der Waals surface area contributed by atoms with Crippen LogP contribution in [0.4, 0.5) is 0 Å². The minimum Gasteiger partial charge on any atom is -0.461 e. The van der Waals surface area contributed by atoms with Crippen LogP contribution in [0.2, 0.25) is 0 Å². The van der Waals surface area contributed by atoms with Gasteiger partial charge in [-0.25, -0.2) is 4.98 Å². The molecule has 2 atom stereocenters. The van der Waals surface area contributed by atoms with E-state index in [0.29, 0.717) is 0 Å². The zero-order chi connectivity index (χ0) is 13.9. The number of hydrogen-bond acceptors (Lipinski definition) is 4. The minimum absolute atomic E-state index is 0.0252. The predicted molar refractivity (Wildman–Crippen MR) is 79.7 cm³/mol. The fourth-order valence-electron chi connectivity index (χ4n) is 2.58. The molecule has 0 amide bonds. The molecule has 1 aromatic heterocycles. The lowest BCUT2D eigenvalue weighted by atomic mass is 10.0. The fraction of sp³-hybridized carbons (Fsp3) is 0.467. The standard InChI is InChI=1S/C15H18N2O2S/c1-2-5-10-8-11(19-14(10)18)9-20-15-16-12-6-3-4-7-13(12)17-15/h3-4,6-7,10-11H,2,5,8-9H2,1H3,(H,16,17)/t10-,11-/m1/s1. The lowest BCUT2D eigenvalue weighted by molar-refractivity contribution is -0.143. The van der Waals surface area contributed by atoms with Gasteiger partial charge in [0.25, 0.3) is 0 Å². The van der Waals surface area contributed by atoms with Crippen molar-refractivity contribution >= 4 is 28.8 Å². The van der Waals surface area contributed by atoms with Gasteiger partial charge in [-0.2, -0.15) is 0 Å². The number of fused-ring (bicyclic) bond motifs is 1. The van der Waals surface area contributed by atoms with Gasteiger partial charge in [-0.15, -0.1) is 0 Å². The Balaban J connectivity index is 1.58. The summed E-state index contributed by atoms with van der Waals surface area (Å²) >= 11 is 1.62. The Bertz CT molecular complexity index is 578. The van der Waals surface area contributed by atoms with Gasteiger partial charge in [0.15, 0.2) is 5.16 Å². The quantitative estimate of drug-likeness (QED) is 0.677. The number of esters is 1. The average Bonchev–Trinajstić information content (AvgIpc) is 3.00. The molecule has 106 valence electrons. The Kier molecular flexibility index (Phi) is 3.96. The highest BCUT2D eigenvalue weighted by atomic mass is 32.2. The van der Waals surface area contributed by atoms with E-state index >= 15 is 0 Å². The van der Waals surface area contributed by atoms with Gasteiger partial charge < -0.3 is 9.72 Å². The van der Waals surface area contributed by atoms with Gasteiger partial charge in [-0.3, -0.25) is 4.79 Å². The van der Waals surface area contributed by atoms with Gasteiger partial charge >= 0.3 is 5.97 Å². The number of aromatic nitrogens is 2. The molecule has 0 saturated carbocycles. The number of rotatable bonds is 5. The molecule has 4 nitrogen and oxygen atoms in total. The SMILES string of the molecule is CCC[C@@H]1C[C@H](CSc2nc3ccccc3[nH]2)OC1=O. The summed E-state index contributed by atoms with van der Waals surface area (Å²) in [6.45, 7) is 2.10. The molecule has 1 N–H and O–H groups in total. The summed E-state index contributed by atoms with van der Waals surface area (Å²) in [7, 11) is 0. The van der Waals surface area contributed by atoms with Crippen LogP contribution < -0.4 is 0 Å². The summed E-state index contributed by atoms with van der Waals surface area (Å²) in [6, 6.07) is 7.97. The van der Waals surface area contributed by atoms with Crippen molar-refractivity contribution in [3.63, 3.8) is 0 Å². The number of thioether (sulfide) groups is 1. The maximum Gasteiger partial charge on any atom is 0.309 e. The molecule has 0 spiro atoms. The maximum atomic E-state index is 11.7. The van der Waals surface area contributed by atoms with Crippen LogP contribution in [0.3, 0.4) is 0 Å². The third-order valence-corrected chi connectivity index (χ3v) is 4.58. The normalized spacial score (nSPS) is 22.4. The summed E-state index contributed by atoms with van der Waals surface area (Å²) in [5.74, 6) is 0.842. The molecule has 3 rings (SSSR count). The molecule has 2 heterocycles. The van der Waals surface area contributed by atoms with E-state index in [1.165, 1.54) is 0 Å². The lowest BCUT2D eigenvalue weighted by Gasteiger charge is -2.06. The second-order valence-corrected chi connectivity index (χ2v) is 6.16. The van der Waals surface area contributed by atoms with Gasteiger partial charge in [0, 0.05) is 5.75 Å². The van der Waals surface area contributed by atoms with E-state index in [1.54, 1.807) is 11.8 Å². The monoisotopic (exact) mass is 290 g/mol. The maximum absolute atomic E-state index is 11.7. The molecule has 1 saturated heterocycles. The molecule has 0 aliphatic carbocycles. The van der Waals surface area contributed by atoms with Crippen LogP contribution in [0.5, 0.6) is 0 Å². The van der Waals surface area contributed by atoms with E-state index in [0.717, 1.165) is 41.2 Å². The number of para-hydroxylation sites is 2. The molecule has 20 heavy (non-hydrogen) atoms. The first-order chi connectivity index (χ1) is 9.76.